The van der Waals surface area contributed by atoms with Crippen molar-refractivity contribution in [2.75, 3.05) is 0 Å². The van der Waals surface area contributed by atoms with Crippen molar-refractivity contribution in [1.82, 2.24) is 0 Å². The monoisotopic (exact) mass is 633 g/mol. The molecule has 3 aromatic carbocycles. The Labute approximate surface area is 265 Å². The fraction of sp³-hybridized carbons (Fsp3) is 0.333. The van der Waals surface area contributed by atoms with Crippen LogP contribution in [0.15, 0.2) is 91.0 Å². The van der Waals surface area contributed by atoms with Crippen molar-refractivity contribution >= 4 is 0 Å². The Morgan fingerprint density at radius 1 is 0.433 bits per heavy atom. The predicted octanol–water partition coefficient (Wildman–Crippen LogP) is 9.07. The van der Waals surface area contributed by atoms with Gasteiger partial charge >= 0.3 is 0 Å². The summed E-state index contributed by atoms with van der Waals surface area (Å²) in [5.41, 5.74) is 0. The molecule has 0 saturated heterocycles. The molecule has 0 bridgehead atoms. The average Bonchev–Trinajstić information content (AvgIpc) is 3.54. The second-order valence-corrected chi connectivity index (χ2v) is 5.45. The molecule has 0 aliphatic rings. The van der Waals surface area contributed by atoms with Gasteiger partial charge in [-0.25, -0.2) is 36.4 Å². The molecule has 0 nitrogen and oxygen atoms in total. The van der Waals surface area contributed by atoms with Gasteiger partial charge in [-0.2, -0.15) is 73.9 Å². The fourth-order valence-electron chi connectivity index (χ4n) is 0.962. The molecule has 3 heteroatoms. The predicted molar refractivity (Wildman–Crippen MR) is 127 cm³/mol. The Morgan fingerprint density at radius 2 is 0.567 bits per heavy atom. The van der Waals surface area contributed by atoms with Crippen LogP contribution in [-0.2, 0) is 98.1 Å². The number of hydrogen-bond acceptors (Lipinski definition) is 0. The minimum atomic E-state index is 0. The molecule has 0 aliphatic carbocycles. The molecule has 3 radical (unpaired) electrons. The van der Waals surface area contributed by atoms with E-state index in [4.69, 9.17) is 0 Å². The van der Waals surface area contributed by atoms with Crippen LogP contribution in [0.5, 0.6) is 0 Å². The van der Waals surface area contributed by atoms with E-state index < -0.39 is 0 Å². The van der Waals surface area contributed by atoms with Gasteiger partial charge in [-0.3, -0.25) is 0 Å². The van der Waals surface area contributed by atoms with Gasteiger partial charge in [0.1, 0.15) is 0 Å². The van der Waals surface area contributed by atoms with E-state index in [2.05, 4.69) is 41.5 Å². The molecule has 0 aliphatic heterocycles. The molecular weight excluding hydrogens is 591 g/mol. The molecule has 0 N–H and O–H groups in total. The van der Waals surface area contributed by atoms with Gasteiger partial charge in [-0.15, -0.1) is 0 Å². The first-order chi connectivity index (χ1) is 13.2. The zero-order valence-electron chi connectivity index (χ0n) is 19.8. The Bertz CT molecular complexity index is 313. The molecule has 0 saturated carbocycles. The van der Waals surface area contributed by atoms with Gasteiger partial charge in [0.15, 0.2) is 0 Å². The maximum atomic E-state index is 3.60. The van der Waals surface area contributed by atoms with E-state index >= 15 is 0 Å². The van der Waals surface area contributed by atoms with Crippen LogP contribution in [0.1, 0.15) is 59.3 Å². The molecule has 0 unspecified atom stereocenters. The van der Waals surface area contributed by atoms with Crippen molar-refractivity contribution in [2.24, 2.45) is 0 Å². The summed E-state index contributed by atoms with van der Waals surface area (Å²) in [7, 11) is 0. The van der Waals surface area contributed by atoms with Gasteiger partial charge in [-0.05, 0) is 0 Å². The van der Waals surface area contributed by atoms with E-state index in [9.17, 15) is 0 Å². The zero-order valence-corrected chi connectivity index (χ0v) is 28.3. The number of hydrogen-bond donors (Lipinski definition) is 0. The van der Waals surface area contributed by atoms with E-state index in [0.717, 1.165) is 19.3 Å². The molecule has 165 valence electrons. The Hall–Kier alpha value is 1.36. The molecule has 0 heterocycles. The summed E-state index contributed by atoms with van der Waals surface area (Å²) in [4.78, 5) is 0. The topological polar surface area (TPSA) is 0 Å². The van der Waals surface area contributed by atoms with Crippen LogP contribution in [0.2, 0.25) is 0 Å². The molecule has 3 rings (SSSR count). The number of unbranched alkanes of at least 4 members (excludes halogenated alkanes) is 3. The average molecular weight is 633 g/mol. The fourth-order valence-corrected chi connectivity index (χ4v) is 0.962. The molecular formula is C27H42Y3-6. The van der Waals surface area contributed by atoms with E-state index in [-0.39, 0.29) is 98.1 Å². The molecule has 0 spiro atoms. The number of rotatable bonds is 3. The molecule has 30 heavy (non-hydrogen) atoms. The molecule has 0 atom stereocenters. The first-order valence-corrected chi connectivity index (χ1v) is 10.1. The van der Waals surface area contributed by atoms with E-state index in [0.29, 0.717) is 0 Å². The maximum Gasteiger partial charge on any atom is 0 e. The normalized spacial score (nSPS) is 7.00. The first kappa shape index (κ1) is 44.9. The molecule has 0 amide bonds. The SMILES string of the molecule is [CH2-]CCC.[CH2-]CCC.[CH2-]CCC.[Y].[Y].[Y].c1cc[cH-]c1.c1cc[cH-]c1.c1cc[cH-]c1. The van der Waals surface area contributed by atoms with Crippen molar-refractivity contribution in [3.8, 4) is 0 Å². The minimum Gasteiger partial charge on any atom is -0.343 e. The molecule has 3 aromatic rings. The van der Waals surface area contributed by atoms with Gasteiger partial charge in [0, 0.05) is 98.1 Å². The standard InChI is InChI=1S/3C5H5.3C4H9.3Y/c3*1-2-4-5-3-1;3*1-3-4-2;;;/h3*1-5H;3*1,3-4H2,2H3;;;/q6*-1;;;. The Balaban J connectivity index is -0.0000000568. The van der Waals surface area contributed by atoms with Gasteiger partial charge in [0.2, 0.25) is 0 Å². The van der Waals surface area contributed by atoms with E-state index in [1.165, 1.54) is 19.3 Å². The maximum absolute atomic E-state index is 3.60. The van der Waals surface area contributed by atoms with Gasteiger partial charge in [0.05, 0.1) is 0 Å². The van der Waals surface area contributed by atoms with Gasteiger partial charge in [-0.1, -0.05) is 40.0 Å². The van der Waals surface area contributed by atoms with Crippen LogP contribution in [0.25, 0.3) is 0 Å². The summed E-state index contributed by atoms with van der Waals surface area (Å²) in [5, 5.41) is 0. The van der Waals surface area contributed by atoms with Gasteiger partial charge in [0.25, 0.3) is 0 Å². The second-order valence-electron chi connectivity index (χ2n) is 5.45. The largest absolute Gasteiger partial charge is 0.343 e. The van der Waals surface area contributed by atoms with Crippen molar-refractivity contribution < 1.29 is 98.1 Å². The van der Waals surface area contributed by atoms with Crippen molar-refractivity contribution in [3.05, 3.63) is 112 Å². The van der Waals surface area contributed by atoms with Crippen LogP contribution < -0.4 is 0 Å². The summed E-state index contributed by atoms with van der Waals surface area (Å²) in [5.74, 6) is 0. The van der Waals surface area contributed by atoms with Crippen molar-refractivity contribution in [1.29, 1.82) is 0 Å². The van der Waals surface area contributed by atoms with Gasteiger partial charge < -0.3 is 20.8 Å². The Morgan fingerprint density at radius 3 is 0.600 bits per heavy atom. The summed E-state index contributed by atoms with van der Waals surface area (Å²) in [6, 6.07) is 30.0. The van der Waals surface area contributed by atoms with Crippen molar-refractivity contribution in [3.63, 3.8) is 0 Å². The smallest absolute Gasteiger partial charge is 0 e. The van der Waals surface area contributed by atoms with Crippen molar-refractivity contribution in [2.45, 2.75) is 59.3 Å². The molecule has 0 aromatic heterocycles. The third-order valence-electron chi connectivity index (χ3n) is 2.73. The zero-order chi connectivity index (χ0) is 20.8. The van der Waals surface area contributed by atoms with Crippen LogP contribution in [0.4, 0.5) is 0 Å². The minimum absolute atomic E-state index is 0. The Kier molecular flexibility index (Phi) is 78.4. The third kappa shape index (κ3) is 63.0. The summed E-state index contributed by atoms with van der Waals surface area (Å²) in [6.45, 7) is 17.2. The van der Waals surface area contributed by atoms with E-state index in [1.807, 2.05) is 91.0 Å². The third-order valence-corrected chi connectivity index (χ3v) is 2.73. The van der Waals surface area contributed by atoms with E-state index in [1.54, 1.807) is 0 Å². The van der Waals surface area contributed by atoms with Crippen LogP contribution in [0.3, 0.4) is 0 Å². The second kappa shape index (κ2) is 52.3. The van der Waals surface area contributed by atoms with Crippen LogP contribution >= 0.6 is 0 Å². The first-order valence-electron chi connectivity index (χ1n) is 10.1. The summed E-state index contributed by atoms with van der Waals surface area (Å²) in [6.07, 6.45) is 6.83. The quantitative estimate of drug-likeness (QED) is 0.253. The summed E-state index contributed by atoms with van der Waals surface area (Å²) >= 11 is 0. The summed E-state index contributed by atoms with van der Waals surface area (Å²) < 4.78 is 0. The van der Waals surface area contributed by atoms with Crippen LogP contribution in [-0.4, -0.2) is 0 Å². The van der Waals surface area contributed by atoms with Crippen LogP contribution in [0, 0.1) is 20.8 Å². The molecule has 0 fully saturated rings.